The number of allylic oxidation sites excluding steroid dienone is 1. The number of thioether (sulfide) groups is 1. The fraction of sp³-hybridized carbons (Fsp3) is 0.250. The molecule has 0 amide bonds. The Labute approximate surface area is 93.0 Å². The molecule has 2 nitrogen and oxygen atoms in total. The first-order valence-corrected chi connectivity index (χ1v) is 6.04. The second kappa shape index (κ2) is 4.53. The summed E-state index contributed by atoms with van der Waals surface area (Å²) in [5.41, 5.74) is 2.47. The monoisotopic (exact) mass is 220 g/mol. The number of hydrogen-bond donors (Lipinski definition) is 1. The minimum atomic E-state index is -0.843. The van der Waals surface area contributed by atoms with Gasteiger partial charge in [-0.15, -0.1) is 0 Å². The van der Waals surface area contributed by atoms with Gasteiger partial charge >= 0.3 is 5.97 Å². The molecular formula is C12H12O2S. The topological polar surface area (TPSA) is 37.3 Å². The van der Waals surface area contributed by atoms with Crippen LogP contribution in [0.15, 0.2) is 30.3 Å². The standard InChI is InChI=1S/C12H12O2S/c13-12(14)11-4-2-1-3-10(11)9-5-7-15-8-6-9/h1-5H,6-8H2,(H,13,14). The van der Waals surface area contributed by atoms with Gasteiger partial charge in [-0.1, -0.05) is 24.3 Å². The van der Waals surface area contributed by atoms with Crippen LogP contribution in [-0.4, -0.2) is 22.6 Å². The van der Waals surface area contributed by atoms with Crippen LogP contribution in [0.3, 0.4) is 0 Å². The van der Waals surface area contributed by atoms with Gasteiger partial charge < -0.3 is 5.11 Å². The lowest BCUT2D eigenvalue weighted by Gasteiger charge is -2.14. The van der Waals surface area contributed by atoms with Crippen LogP contribution in [0.25, 0.3) is 5.57 Å². The largest absolute Gasteiger partial charge is 0.478 e. The van der Waals surface area contributed by atoms with Gasteiger partial charge in [0.1, 0.15) is 0 Å². The van der Waals surface area contributed by atoms with Crippen molar-refractivity contribution in [3.63, 3.8) is 0 Å². The molecule has 2 rings (SSSR count). The minimum absolute atomic E-state index is 0.413. The van der Waals surface area contributed by atoms with Gasteiger partial charge in [-0.25, -0.2) is 4.79 Å². The van der Waals surface area contributed by atoms with Crippen molar-refractivity contribution in [1.82, 2.24) is 0 Å². The number of aromatic carboxylic acids is 1. The maximum Gasteiger partial charge on any atom is 0.336 e. The third-order valence-corrected chi connectivity index (χ3v) is 3.36. The number of carboxylic acid groups (broad SMARTS) is 1. The molecule has 1 heterocycles. The second-order valence-electron chi connectivity index (χ2n) is 3.41. The van der Waals surface area contributed by atoms with Crippen LogP contribution in [-0.2, 0) is 0 Å². The zero-order valence-electron chi connectivity index (χ0n) is 8.27. The maximum atomic E-state index is 11.0. The Kier molecular flexibility index (Phi) is 3.11. The van der Waals surface area contributed by atoms with E-state index in [1.54, 1.807) is 12.1 Å². The third-order valence-electron chi connectivity index (χ3n) is 2.47. The van der Waals surface area contributed by atoms with Crippen LogP contribution in [0.2, 0.25) is 0 Å². The van der Waals surface area contributed by atoms with E-state index < -0.39 is 5.97 Å². The van der Waals surface area contributed by atoms with Gasteiger partial charge in [-0.2, -0.15) is 11.8 Å². The fourth-order valence-electron chi connectivity index (χ4n) is 1.72. The summed E-state index contributed by atoms with van der Waals surface area (Å²) in [4.78, 5) is 11.0. The molecule has 1 aliphatic rings. The van der Waals surface area contributed by atoms with E-state index in [4.69, 9.17) is 5.11 Å². The zero-order chi connectivity index (χ0) is 10.7. The normalized spacial score (nSPS) is 15.9. The van der Waals surface area contributed by atoms with E-state index in [2.05, 4.69) is 6.08 Å². The summed E-state index contributed by atoms with van der Waals surface area (Å²) >= 11 is 1.88. The summed E-state index contributed by atoms with van der Waals surface area (Å²) in [5, 5.41) is 9.06. The van der Waals surface area contributed by atoms with Crippen molar-refractivity contribution in [2.75, 3.05) is 11.5 Å². The molecule has 15 heavy (non-hydrogen) atoms. The number of carbonyl (C=O) groups is 1. The number of benzene rings is 1. The van der Waals surface area contributed by atoms with Gasteiger partial charge in [0.2, 0.25) is 0 Å². The van der Waals surface area contributed by atoms with E-state index in [0.29, 0.717) is 5.56 Å². The van der Waals surface area contributed by atoms with Gasteiger partial charge in [-0.05, 0) is 29.4 Å². The summed E-state index contributed by atoms with van der Waals surface area (Å²) in [6.07, 6.45) is 3.10. The van der Waals surface area contributed by atoms with E-state index in [-0.39, 0.29) is 0 Å². The van der Waals surface area contributed by atoms with E-state index >= 15 is 0 Å². The van der Waals surface area contributed by atoms with Crippen LogP contribution < -0.4 is 0 Å². The van der Waals surface area contributed by atoms with Gasteiger partial charge in [0.05, 0.1) is 5.56 Å². The van der Waals surface area contributed by atoms with Crippen LogP contribution >= 0.6 is 11.8 Å². The Bertz CT molecular complexity index is 410. The smallest absolute Gasteiger partial charge is 0.336 e. The highest BCUT2D eigenvalue weighted by Gasteiger charge is 2.13. The fourth-order valence-corrected chi connectivity index (χ4v) is 2.57. The maximum absolute atomic E-state index is 11.0. The average Bonchev–Trinajstić information content (AvgIpc) is 2.30. The highest BCUT2D eigenvalue weighted by atomic mass is 32.2. The third kappa shape index (κ3) is 2.23. The molecule has 1 aromatic carbocycles. The lowest BCUT2D eigenvalue weighted by Crippen LogP contribution is -2.04. The first-order valence-electron chi connectivity index (χ1n) is 4.88. The number of hydrogen-bond acceptors (Lipinski definition) is 2. The predicted molar refractivity (Wildman–Crippen MR) is 63.3 cm³/mol. The van der Waals surface area contributed by atoms with E-state index in [9.17, 15) is 4.79 Å². The Morgan fingerprint density at radius 2 is 2.13 bits per heavy atom. The highest BCUT2D eigenvalue weighted by Crippen LogP contribution is 2.28. The summed E-state index contributed by atoms with van der Waals surface area (Å²) in [7, 11) is 0. The van der Waals surface area contributed by atoms with Crippen LogP contribution in [0.4, 0.5) is 0 Å². The average molecular weight is 220 g/mol. The predicted octanol–water partition coefficient (Wildman–Crippen LogP) is 2.91. The van der Waals surface area contributed by atoms with Gasteiger partial charge in [-0.3, -0.25) is 0 Å². The molecule has 0 unspecified atom stereocenters. The molecule has 0 aliphatic carbocycles. The Morgan fingerprint density at radius 3 is 2.80 bits per heavy atom. The Hall–Kier alpha value is -1.22. The highest BCUT2D eigenvalue weighted by molar-refractivity contribution is 7.99. The summed E-state index contributed by atoms with van der Waals surface area (Å²) in [5.74, 6) is 1.23. The Morgan fingerprint density at radius 1 is 1.33 bits per heavy atom. The van der Waals surface area contributed by atoms with Gasteiger partial charge in [0, 0.05) is 5.75 Å². The molecule has 0 saturated carbocycles. The molecule has 0 atom stereocenters. The molecule has 0 bridgehead atoms. The zero-order valence-corrected chi connectivity index (χ0v) is 9.09. The molecule has 1 aliphatic heterocycles. The van der Waals surface area contributed by atoms with E-state index in [1.807, 2.05) is 23.9 Å². The molecule has 0 saturated heterocycles. The van der Waals surface area contributed by atoms with Crippen molar-refractivity contribution in [3.05, 3.63) is 41.5 Å². The second-order valence-corrected chi connectivity index (χ2v) is 4.55. The van der Waals surface area contributed by atoms with Gasteiger partial charge in [0.25, 0.3) is 0 Å². The molecule has 3 heteroatoms. The van der Waals surface area contributed by atoms with Crippen molar-refractivity contribution >= 4 is 23.3 Å². The van der Waals surface area contributed by atoms with Crippen LogP contribution in [0.1, 0.15) is 22.3 Å². The van der Waals surface area contributed by atoms with E-state index in [0.717, 1.165) is 23.5 Å². The summed E-state index contributed by atoms with van der Waals surface area (Å²) in [6, 6.07) is 7.22. The van der Waals surface area contributed by atoms with Crippen molar-refractivity contribution in [3.8, 4) is 0 Å². The Balaban J connectivity index is 2.42. The molecule has 0 radical (unpaired) electrons. The number of rotatable bonds is 2. The first-order chi connectivity index (χ1) is 7.29. The molecule has 1 N–H and O–H groups in total. The minimum Gasteiger partial charge on any atom is -0.478 e. The van der Waals surface area contributed by atoms with Crippen molar-refractivity contribution in [2.24, 2.45) is 0 Å². The first kappa shape index (κ1) is 10.3. The molecule has 0 fully saturated rings. The number of carboxylic acids is 1. The molecule has 1 aromatic rings. The van der Waals surface area contributed by atoms with Crippen molar-refractivity contribution < 1.29 is 9.90 Å². The lowest BCUT2D eigenvalue weighted by molar-refractivity contribution is 0.0696. The van der Waals surface area contributed by atoms with Crippen molar-refractivity contribution in [2.45, 2.75) is 6.42 Å². The van der Waals surface area contributed by atoms with Crippen molar-refractivity contribution in [1.29, 1.82) is 0 Å². The quantitative estimate of drug-likeness (QED) is 0.832. The molecular weight excluding hydrogens is 208 g/mol. The molecule has 0 aromatic heterocycles. The molecule has 78 valence electrons. The molecule has 0 spiro atoms. The lowest BCUT2D eigenvalue weighted by atomic mass is 9.97. The summed E-state index contributed by atoms with van der Waals surface area (Å²) < 4.78 is 0. The van der Waals surface area contributed by atoms with E-state index in [1.165, 1.54) is 5.57 Å². The SMILES string of the molecule is O=C(O)c1ccccc1C1=CCSCC1. The van der Waals surface area contributed by atoms with Gasteiger partial charge in [0.15, 0.2) is 0 Å². The summed E-state index contributed by atoms with van der Waals surface area (Å²) in [6.45, 7) is 0. The van der Waals surface area contributed by atoms with Crippen LogP contribution in [0, 0.1) is 0 Å². The van der Waals surface area contributed by atoms with Crippen LogP contribution in [0.5, 0.6) is 0 Å².